The minimum absolute atomic E-state index is 0. The smallest absolute Gasteiger partial charge is 0.813 e. The van der Waals surface area contributed by atoms with E-state index in [9.17, 15) is 0 Å². The molecule has 0 saturated carbocycles. The molecular formula is C4H13SSn2. The van der Waals surface area contributed by atoms with Crippen molar-refractivity contribution in [2.45, 2.75) is 19.8 Å². The molecule has 0 saturated heterocycles. The molecule has 0 nitrogen and oxygen atoms in total. The van der Waals surface area contributed by atoms with E-state index in [1.807, 2.05) is 0 Å². The van der Waals surface area contributed by atoms with E-state index in [4.69, 9.17) is 0 Å². The molecule has 7 heavy (non-hydrogen) atoms. The Morgan fingerprint density at radius 3 is 1.14 bits per heavy atom. The second-order valence-electron chi connectivity index (χ2n) is 1.00. The quantitative estimate of drug-likeness (QED) is 0.367. The fourth-order valence-electron chi connectivity index (χ4n) is 0. The number of hydrogen-bond donors (Lipinski definition) is 0. The van der Waals surface area contributed by atoms with Crippen LogP contribution in [0.5, 0.6) is 0 Å². The summed E-state index contributed by atoms with van der Waals surface area (Å²) in [4.78, 5) is 9.18. The summed E-state index contributed by atoms with van der Waals surface area (Å²) >= 11 is 0.460. The average Bonchev–Trinajstić information content (AvgIpc) is 1.39. The van der Waals surface area contributed by atoms with E-state index < -0.39 is 0 Å². The summed E-state index contributed by atoms with van der Waals surface area (Å²) < 4.78 is 0. The predicted molar refractivity (Wildman–Crippen MR) is 43.7 cm³/mol. The van der Waals surface area contributed by atoms with Crippen LogP contribution in [0.4, 0.5) is 0 Å². The first-order chi connectivity index (χ1) is 2.83. The summed E-state index contributed by atoms with van der Waals surface area (Å²) in [6, 6.07) is 0. The Hall–Kier alpha value is 1.95. The van der Waals surface area contributed by atoms with Crippen molar-refractivity contribution in [1.29, 1.82) is 0 Å². The molecule has 43 valence electrons. The van der Waals surface area contributed by atoms with Crippen LogP contribution >= 0.6 is 0 Å². The maximum Gasteiger partial charge on any atom is -0.813 e. The van der Waals surface area contributed by atoms with Crippen molar-refractivity contribution in [3.63, 3.8) is 0 Å². The van der Waals surface area contributed by atoms with Crippen LogP contribution in [-0.4, -0.2) is 42.3 Å². The van der Waals surface area contributed by atoms with Crippen molar-refractivity contribution < 1.29 is 0 Å². The van der Waals surface area contributed by atoms with Gasteiger partial charge in [0.1, 0.15) is 0 Å². The van der Waals surface area contributed by atoms with Gasteiger partial charge >= 0.3 is 62.0 Å². The molecule has 0 bridgehead atoms. The summed E-state index contributed by atoms with van der Waals surface area (Å²) in [7, 11) is 0. The number of hydrogen-bond acceptors (Lipinski definition) is 1. The van der Waals surface area contributed by atoms with Gasteiger partial charge in [-0.3, -0.25) is 0 Å². The van der Waals surface area contributed by atoms with Gasteiger partial charge < -0.3 is 13.5 Å². The Morgan fingerprint density at radius 1 is 1.14 bits per heavy atom. The summed E-state index contributed by atoms with van der Waals surface area (Å²) in [5.74, 6) is 0. The Balaban J connectivity index is -0.0000000400. The van der Waals surface area contributed by atoms with Gasteiger partial charge in [0, 0.05) is 0 Å². The molecule has 0 aromatic carbocycles. The van der Waals surface area contributed by atoms with E-state index in [0.29, 0.717) is 0 Å². The molecule has 0 unspecified atom stereocenters. The maximum absolute atomic E-state index is 2.30. The molecule has 3 radical (unpaired) electrons. The molecular weight excluding hydrogens is 318 g/mol. The predicted octanol–water partition coefficient (Wildman–Crippen LogP) is 1.30. The molecule has 0 aliphatic rings. The minimum atomic E-state index is 0. The third-order valence-corrected chi connectivity index (χ3v) is 0. The van der Waals surface area contributed by atoms with Crippen LogP contribution in [0.3, 0.4) is 0 Å². The monoisotopic (exact) mass is 333 g/mol. The average molecular weight is 331 g/mol. The largest absolute Gasteiger partial charge is 0.813 e. The molecule has 0 aliphatic heterocycles. The van der Waals surface area contributed by atoms with E-state index in [0.717, 1.165) is 0 Å². The molecule has 0 fully saturated rings. The molecule has 0 spiro atoms. The summed E-state index contributed by atoms with van der Waals surface area (Å²) in [5, 5.41) is 0. The minimum Gasteiger partial charge on any atom is -0.813 e. The van der Waals surface area contributed by atoms with Crippen LogP contribution in [0, 0.1) is 0 Å². The molecule has 3 heteroatoms. The maximum atomic E-state index is 2.30. The van der Waals surface area contributed by atoms with Gasteiger partial charge in [0.2, 0.25) is 0 Å². The molecule has 0 aromatic rings. The third kappa shape index (κ3) is 74.1. The fourth-order valence-corrected chi connectivity index (χ4v) is 0. The Bertz CT molecular complexity index is 11.7. The molecule has 0 N–H and O–H groups in total. The Kier molecular flexibility index (Phi) is 56.2. The SMILES string of the molecule is [CH3][Sn+][CH3].[CH3][Sn][CH3].[SH-]. The summed E-state index contributed by atoms with van der Waals surface area (Å²) in [6.45, 7) is 0. The van der Waals surface area contributed by atoms with E-state index in [2.05, 4.69) is 19.8 Å². The number of thiol groups is 1. The van der Waals surface area contributed by atoms with E-state index in [-0.39, 0.29) is 55.8 Å². The van der Waals surface area contributed by atoms with Crippen LogP contribution in [0.25, 0.3) is 0 Å². The van der Waals surface area contributed by atoms with Gasteiger partial charge in [-0.15, -0.1) is 0 Å². The molecule has 0 rings (SSSR count). The standard InChI is InChI=1S/4CH3.H2S.2Sn/h4*1H3;1H2;;/q;;;;;;+1/p-1. The first-order valence-corrected chi connectivity index (χ1v) is 13.4. The zero-order valence-corrected chi connectivity index (χ0v) is 12.0. The van der Waals surface area contributed by atoms with E-state index in [1.54, 1.807) is 0 Å². The van der Waals surface area contributed by atoms with Crippen LogP contribution in [0.1, 0.15) is 0 Å². The second kappa shape index (κ2) is 24.6. The van der Waals surface area contributed by atoms with Gasteiger partial charge in [0.05, 0.1) is 0 Å². The Labute approximate surface area is 74.7 Å². The molecule has 0 aromatic heterocycles. The van der Waals surface area contributed by atoms with Crippen LogP contribution in [0.15, 0.2) is 0 Å². The van der Waals surface area contributed by atoms with Crippen molar-refractivity contribution in [2.24, 2.45) is 0 Å². The summed E-state index contributed by atoms with van der Waals surface area (Å²) in [6.07, 6.45) is 0. The first kappa shape index (κ1) is 16.0. The zero-order valence-electron chi connectivity index (χ0n) is 5.45. The molecule has 0 heterocycles. The van der Waals surface area contributed by atoms with Crippen molar-refractivity contribution in [1.82, 2.24) is 0 Å². The third-order valence-electron chi connectivity index (χ3n) is 0. The number of rotatable bonds is 0. The normalized spacial score (nSPS) is 4.57. The summed E-state index contributed by atoms with van der Waals surface area (Å²) in [5.41, 5.74) is 0. The fraction of sp³-hybridized carbons (Fsp3) is 1.00. The molecule has 0 amide bonds. The van der Waals surface area contributed by atoms with Gasteiger partial charge in [-0.2, -0.15) is 0 Å². The van der Waals surface area contributed by atoms with Crippen LogP contribution in [-0.2, 0) is 13.5 Å². The molecule has 0 aliphatic carbocycles. The van der Waals surface area contributed by atoms with Crippen molar-refractivity contribution in [3.8, 4) is 0 Å². The second-order valence-corrected chi connectivity index (χ2v) is 6.71. The van der Waals surface area contributed by atoms with Gasteiger partial charge in [-0.05, 0) is 0 Å². The van der Waals surface area contributed by atoms with Crippen molar-refractivity contribution in [2.75, 3.05) is 0 Å². The van der Waals surface area contributed by atoms with Crippen LogP contribution < -0.4 is 0 Å². The topological polar surface area (TPSA) is 0 Å². The van der Waals surface area contributed by atoms with Gasteiger partial charge in [-0.25, -0.2) is 0 Å². The first-order valence-electron chi connectivity index (χ1n) is 2.00. The van der Waals surface area contributed by atoms with E-state index in [1.165, 1.54) is 0 Å². The van der Waals surface area contributed by atoms with Gasteiger partial charge in [-0.1, -0.05) is 0 Å². The van der Waals surface area contributed by atoms with Gasteiger partial charge in [0.25, 0.3) is 0 Å². The Morgan fingerprint density at radius 2 is 1.14 bits per heavy atom. The zero-order chi connectivity index (χ0) is 5.41. The van der Waals surface area contributed by atoms with Crippen LogP contribution in [0.2, 0.25) is 19.8 Å². The molecule has 0 atom stereocenters. The van der Waals surface area contributed by atoms with E-state index >= 15 is 0 Å². The van der Waals surface area contributed by atoms with Crippen molar-refractivity contribution in [3.05, 3.63) is 0 Å². The van der Waals surface area contributed by atoms with Crippen molar-refractivity contribution >= 4 is 55.8 Å². The van der Waals surface area contributed by atoms with Gasteiger partial charge in [0.15, 0.2) is 0 Å².